The third-order valence-corrected chi connectivity index (χ3v) is 3.96. The van der Waals surface area contributed by atoms with E-state index in [-0.39, 0.29) is 5.69 Å². The molecule has 27 heavy (non-hydrogen) atoms. The third-order valence-electron chi connectivity index (χ3n) is 3.96. The minimum absolute atomic E-state index is 0.0445. The van der Waals surface area contributed by atoms with E-state index in [9.17, 15) is 14.0 Å². The van der Waals surface area contributed by atoms with E-state index in [0.29, 0.717) is 12.0 Å². The third kappa shape index (κ3) is 5.01. The highest BCUT2D eigenvalue weighted by atomic mass is 19.1. The lowest BCUT2D eigenvalue weighted by atomic mass is 10.00. The Bertz CT molecular complexity index is 941. The minimum Gasteiger partial charge on any atom is -0.452 e. The molecule has 1 N–H and O–H groups in total. The summed E-state index contributed by atoms with van der Waals surface area (Å²) >= 11 is 0. The van der Waals surface area contributed by atoms with Crippen LogP contribution in [0.25, 0.3) is 0 Å². The van der Waals surface area contributed by atoms with E-state index >= 15 is 0 Å². The lowest BCUT2D eigenvalue weighted by molar-refractivity contribution is -0.119. The zero-order valence-corrected chi connectivity index (χ0v) is 14.5. The number of carbonyl (C=O) groups excluding carboxylic acids is 2. The Morgan fingerprint density at radius 3 is 2.30 bits per heavy atom. The van der Waals surface area contributed by atoms with Crippen molar-refractivity contribution in [2.24, 2.45) is 0 Å². The highest BCUT2D eigenvalue weighted by molar-refractivity contribution is 5.96. The molecule has 3 aromatic carbocycles. The number of hydrogen-bond donors (Lipinski definition) is 1. The number of rotatable bonds is 6. The maximum Gasteiger partial charge on any atom is 0.338 e. The summed E-state index contributed by atoms with van der Waals surface area (Å²) in [5.41, 5.74) is 2.32. The van der Waals surface area contributed by atoms with Gasteiger partial charge in [0.1, 0.15) is 5.82 Å². The molecule has 5 heteroatoms. The Morgan fingerprint density at radius 1 is 0.852 bits per heavy atom. The number of hydrogen-bond acceptors (Lipinski definition) is 3. The van der Waals surface area contributed by atoms with Crippen LogP contribution in [0.15, 0.2) is 78.9 Å². The molecule has 3 aromatic rings. The maximum absolute atomic E-state index is 13.6. The van der Waals surface area contributed by atoms with Gasteiger partial charge in [0.2, 0.25) is 0 Å². The second-order valence-electron chi connectivity index (χ2n) is 5.92. The van der Waals surface area contributed by atoms with Crippen LogP contribution in [0.2, 0.25) is 0 Å². The summed E-state index contributed by atoms with van der Waals surface area (Å²) in [6, 6.07) is 22.6. The monoisotopic (exact) mass is 363 g/mol. The molecule has 0 aliphatic heterocycles. The topological polar surface area (TPSA) is 55.4 Å². The van der Waals surface area contributed by atoms with Crippen molar-refractivity contribution in [3.63, 3.8) is 0 Å². The van der Waals surface area contributed by atoms with Crippen molar-refractivity contribution < 1.29 is 18.7 Å². The molecule has 0 unspecified atom stereocenters. The van der Waals surface area contributed by atoms with Gasteiger partial charge in [-0.2, -0.15) is 0 Å². The van der Waals surface area contributed by atoms with Crippen LogP contribution < -0.4 is 5.32 Å². The van der Waals surface area contributed by atoms with Gasteiger partial charge >= 0.3 is 5.97 Å². The van der Waals surface area contributed by atoms with Crippen LogP contribution in [-0.4, -0.2) is 18.5 Å². The molecule has 0 aliphatic carbocycles. The first-order chi connectivity index (χ1) is 13.1. The number of ether oxygens (including phenoxy) is 1. The van der Waals surface area contributed by atoms with Crippen molar-refractivity contribution in [3.8, 4) is 0 Å². The van der Waals surface area contributed by atoms with E-state index in [0.717, 1.165) is 11.1 Å². The second kappa shape index (κ2) is 8.76. The van der Waals surface area contributed by atoms with Gasteiger partial charge in [0.05, 0.1) is 11.3 Å². The number of amides is 1. The van der Waals surface area contributed by atoms with E-state index in [1.165, 1.54) is 18.2 Å². The van der Waals surface area contributed by atoms with Crippen LogP contribution in [0.3, 0.4) is 0 Å². The molecule has 0 saturated heterocycles. The van der Waals surface area contributed by atoms with Gasteiger partial charge < -0.3 is 10.1 Å². The Labute approximate surface area is 156 Å². The first kappa shape index (κ1) is 18.3. The Hall–Kier alpha value is -3.47. The fraction of sp³-hybridized carbons (Fsp3) is 0.0909. The minimum atomic E-state index is -0.603. The van der Waals surface area contributed by atoms with Crippen LogP contribution in [0.5, 0.6) is 0 Å². The summed E-state index contributed by atoms with van der Waals surface area (Å²) in [6.45, 7) is -0.493. The maximum atomic E-state index is 13.6. The summed E-state index contributed by atoms with van der Waals surface area (Å²) in [5.74, 6) is -1.75. The van der Waals surface area contributed by atoms with Crippen molar-refractivity contribution >= 4 is 17.6 Å². The number of halogens is 1. The predicted molar refractivity (Wildman–Crippen MR) is 101 cm³/mol. The van der Waals surface area contributed by atoms with Gasteiger partial charge in [-0.05, 0) is 35.7 Å². The van der Waals surface area contributed by atoms with E-state index in [1.807, 2.05) is 42.5 Å². The fourth-order valence-electron chi connectivity index (χ4n) is 2.65. The Kier molecular flexibility index (Phi) is 5.94. The largest absolute Gasteiger partial charge is 0.452 e. The molecule has 136 valence electrons. The van der Waals surface area contributed by atoms with Crippen molar-refractivity contribution in [2.75, 3.05) is 11.9 Å². The van der Waals surface area contributed by atoms with Crippen molar-refractivity contribution in [2.45, 2.75) is 6.42 Å². The summed E-state index contributed by atoms with van der Waals surface area (Å²) < 4.78 is 18.7. The molecule has 0 aliphatic rings. The van der Waals surface area contributed by atoms with Crippen molar-refractivity contribution in [1.82, 2.24) is 0 Å². The Morgan fingerprint density at radius 2 is 1.52 bits per heavy atom. The van der Waals surface area contributed by atoms with Crippen LogP contribution in [0, 0.1) is 5.82 Å². The number of esters is 1. The molecular formula is C22H18FNO3. The predicted octanol–water partition coefficient (Wildman–Crippen LogP) is 4.21. The number of benzene rings is 3. The summed E-state index contributed by atoms with van der Waals surface area (Å²) in [6.07, 6.45) is 0.577. The molecule has 0 spiro atoms. The van der Waals surface area contributed by atoms with Gasteiger partial charge in [0.25, 0.3) is 5.91 Å². The molecule has 0 heterocycles. The van der Waals surface area contributed by atoms with E-state index in [2.05, 4.69) is 5.32 Å². The molecule has 0 aromatic heterocycles. The van der Waals surface area contributed by atoms with Crippen LogP contribution in [0.1, 0.15) is 21.5 Å². The van der Waals surface area contributed by atoms with Crippen LogP contribution >= 0.6 is 0 Å². The molecule has 0 fully saturated rings. The average Bonchev–Trinajstić information content (AvgIpc) is 2.69. The highest BCUT2D eigenvalue weighted by Gasteiger charge is 2.15. The van der Waals surface area contributed by atoms with Gasteiger partial charge in [-0.1, -0.05) is 60.7 Å². The summed E-state index contributed by atoms with van der Waals surface area (Å²) in [4.78, 5) is 24.3. The van der Waals surface area contributed by atoms with Crippen molar-refractivity contribution in [3.05, 3.63) is 101 Å². The molecule has 0 atom stereocenters. The van der Waals surface area contributed by atoms with Crippen LogP contribution in [-0.2, 0) is 16.0 Å². The molecule has 3 rings (SSSR count). The average molecular weight is 363 g/mol. The first-order valence-electron chi connectivity index (χ1n) is 8.47. The molecule has 4 nitrogen and oxygen atoms in total. The molecule has 1 amide bonds. The fourth-order valence-corrected chi connectivity index (χ4v) is 2.65. The SMILES string of the molecule is O=C(COC(=O)c1ccccc1Cc1ccccc1)Nc1ccccc1F. The van der Waals surface area contributed by atoms with Gasteiger partial charge in [0.15, 0.2) is 6.61 Å². The summed E-state index contributed by atoms with van der Waals surface area (Å²) in [5, 5.41) is 2.38. The number of para-hydroxylation sites is 1. The normalized spacial score (nSPS) is 10.3. The van der Waals surface area contributed by atoms with Gasteiger partial charge in [0, 0.05) is 0 Å². The van der Waals surface area contributed by atoms with Gasteiger partial charge in [-0.25, -0.2) is 9.18 Å². The van der Waals surface area contributed by atoms with Gasteiger partial charge in [-0.15, -0.1) is 0 Å². The zero-order valence-electron chi connectivity index (χ0n) is 14.5. The highest BCUT2D eigenvalue weighted by Crippen LogP contribution is 2.16. The number of carbonyl (C=O) groups is 2. The van der Waals surface area contributed by atoms with E-state index in [4.69, 9.17) is 4.74 Å². The lowest BCUT2D eigenvalue weighted by Crippen LogP contribution is -2.22. The molecule has 0 radical (unpaired) electrons. The van der Waals surface area contributed by atoms with Crippen molar-refractivity contribution in [1.29, 1.82) is 0 Å². The zero-order chi connectivity index (χ0) is 19.1. The first-order valence-corrected chi connectivity index (χ1v) is 8.47. The molecule has 0 bridgehead atoms. The standard InChI is InChI=1S/C22H18FNO3/c23-19-12-6-7-13-20(19)24-21(25)15-27-22(26)18-11-5-4-10-17(18)14-16-8-2-1-3-9-16/h1-13H,14-15H2,(H,24,25). The van der Waals surface area contributed by atoms with E-state index in [1.54, 1.807) is 18.2 Å². The smallest absolute Gasteiger partial charge is 0.338 e. The second-order valence-corrected chi connectivity index (χ2v) is 5.92. The lowest BCUT2D eigenvalue weighted by Gasteiger charge is -2.10. The van der Waals surface area contributed by atoms with Gasteiger partial charge in [-0.3, -0.25) is 4.79 Å². The summed E-state index contributed by atoms with van der Waals surface area (Å²) in [7, 11) is 0. The molecule has 0 saturated carbocycles. The van der Waals surface area contributed by atoms with E-state index < -0.39 is 24.3 Å². The quantitative estimate of drug-likeness (QED) is 0.668. The van der Waals surface area contributed by atoms with Crippen LogP contribution in [0.4, 0.5) is 10.1 Å². The number of nitrogens with one attached hydrogen (secondary N) is 1. The Balaban J connectivity index is 1.63. The number of anilines is 1. The molecular weight excluding hydrogens is 345 g/mol.